The molecular formula is C9H19NO2. The molecule has 0 spiro atoms. The fourth-order valence-corrected chi connectivity index (χ4v) is 1.13. The molecule has 0 aliphatic heterocycles. The molecule has 0 saturated heterocycles. The Morgan fingerprint density at radius 1 is 1.67 bits per heavy atom. The van der Waals surface area contributed by atoms with Crippen LogP contribution < -0.4 is 5.73 Å². The van der Waals surface area contributed by atoms with Gasteiger partial charge < -0.3 is 10.8 Å². The molecule has 72 valence electrons. The number of rotatable bonds is 5. The molecule has 0 aliphatic carbocycles. The van der Waals surface area contributed by atoms with Crippen molar-refractivity contribution in [1.82, 2.24) is 0 Å². The predicted molar refractivity (Wildman–Crippen MR) is 48.8 cm³/mol. The van der Waals surface area contributed by atoms with Crippen LogP contribution in [-0.4, -0.2) is 17.6 Å². The van der Waals surface area contributed by atoms with Gasteiger partial charge >= 0.3 is 5.97 Å². The third kappa shape index (κ3) is 3.72. The Labute approximate surface area is 78.2 Å². The van der Waals surface area contributed by atoms with E-state index in [0.717, 1.165) is 0 Å². The van der Waals surface area contributed by atoms with Crippen molar-refractivity contribution in [2.75, 3.05) is 6.54 Å². The first-order valence-electron chi connectivity index (χ1n) is 5.62. The number of nitrogens with two attached hydrogens (primary N) is 1. The lowest BCUT2D eigenvalue weighted by molar-refractivity contribution is -0.138. The second-order valence-electron chi connectivity index (χ2n) is 3.36. The molecule has 3 heteroatoms. The van der Waals surface area contributed by atoms with Gasteiger partial charge in [0.1, 0.15) is 0 Å². The van der Waals surface area contributed by atoms with Crippen molar-refractivity contribution in [3.63, 3.8) is 0 Å². The smallest absolute Gasteiger partial charge is 0.303 e. The van der Waals surface area contributed by atoms with Crippen LogP contribution in [0, 0.1) is 17.8 Å². The molecule has 12 heavy (non-hydrogen) atoms. The molecule has 0 bridgehead atoms. The van der Waals surface area contributed by atoms with Gasteiger partial charge in [0, 0.05) is 10.5 Å². The summed E-state index contributed by atoms with van der Waals surface area (Å²) in [4.78, 5) is 10.6. The Morgan fingerprint density at radius 3 is 2.50 bits per heavy atom. The number of hydrogen-bond donors (Lipinski definition) is 2. The first-order valence-corrected chi connectivity index (χ1v) is 4.12. The first kappa shape index (κ1) is 6.89. The molecule has 0 fully saturated rings. The monoisotopic (exact) mass is 177 g/mol. The van der Waals surface area contributed by atoms with Crippen LogP contribution in [0.3, 0.4) is 0 Å². The van der Waals surface area contributed by atoms with E-state index in [1.165, 1.54) is 0 Å². The van der Waals surface area contributed by atoms with E-state index in [4.69, 9.17) is 15.0 Å². The van der Waals surface area contributed by atoms with Crippen LogP contribution in [0.4, 0.5) is 0 Å². The van der Waals surface area contributed by atoms with E-state index >= 15 is 0 Å². The molecule has 0 unspecified atom stereocenters. The van der Waals surface area contributed by atoms with Gasteiger partial charge in [0.15, 0.2) is 0 Å². The fourth-order valence-electron chi connectivity index (χ4n) is 1.13. The Bertz CT molecular complexity index is 216. The second-order valence-corrected chi connectivity index (χ2v) is 3.36. The van der Waals surface area contributed by atoms with Crippen molar-refractivity contribution in [3.8, 4) is 0 Å². The Hall–Kier alpha value is -0.570. The molecule has 0 aromatic heterocycles. The van der Waals surface area contributed by atoms with Crippen LogP contribution in [-0.2, 0) is 4.79 Å². The maximum Gasteiger partial charge on any atom is 0.303 e. The number of carboxylic acid groups (broad SMARTS) is 1. The summed E-state index contributed by atoms with van der Waals surface area (Å²) < 4.78 is 22.1. The zero-order valence-electron chi connectivity index (χ0n) is 10.6. The number of carboxylic acids is 1. The molecule has 3 N–H and O–H groups in total. The Kier molecular flexibility index (Phi) is 2.95. The van der Waals surface area contributed by atoms with Crippen molar-refractivity contribution in [3.05, 3.63) is 0 Å². The highest BCUT2D eigenvalue weighted by Crippen LogP contribution is 2.22. The van der Waals surface area contributed by atoms with Gasteiger partial charge in [0.25, 0.3) is 0 Å². The maximum atomic E-state index is 10.6. The summed E-state index contributed by atoms with van der Waals surface area (Å²) in [7, 11) is 0. The SMILES string of the molecule is [2H][13C]([2H])([2H])[C@H](C(C)C)[C@H](CN)CC(=O)O. The molecule has 3 nitrogen and oxygen atoms in total. The molecule has 2 atom stereocenters. The highest BCUT2D eigenvalue weighted by atomic mass is 16.4. The van der Waals surface area contributed by atoms with Crippen LogP contribution in [0.25, 0.3) is 0 Å². The lowest BCUT2D eigenvalue weighted by Crippen LogP contribution is -2.27. The van der Waals surface area contributed by atoms with Gasteiger partial charge in [-0.1, -0.05) is 20.7 Å². The van der Waals surface area contributed by atoms with E-state index in [1.54, 1.807) is 13.8 Å². The van der Waals surface area contributed by atoms with E-state index in [0.29, 0.717) is 0 Å². The Morgan fingerprint density at radius 2 is 2.25 bits per heavy atom. The summed E-state index contributed by atoms with van der Waals surface area (Å²) in [5.74, 6) is -2.25. The molecular weight excluding hydrogens is 155 g/mol. The highest BCUT2D eigenvalue weighted by molar-refractivity contribution is 5.67. The van der Waals surface area contributed by atoms with Gasteiger partial charge in [-0.05, 0) is 24.3 Å². The van der Waals surface area contributed by atoms with Crippen LogP contribution in [0.1, 0.15) is 31.2 Å². The van der Waals surface area contributed by atoms with E-state index in [-0.39, 0.29) is 18.9 Å². The van der Waals surface area contributed by atoms with Gasteiger partial charge in [-0.25, -0.2) is 0 Å². The van der Waals surface area contributed by atoms with E-state index in [2.05, 4.69) is 0 Å². The third-order valence-electron chi connectivity index (χ3n) is 1.97. The normalized spacial score (nSPS) is 20.8. The van der Waals surface area contributed by atoms with Gasteiger partial charge in [-0.15, -0.1) is 0 Å². The summed E-state index contributed by atoms with van der Waals surface area (Å²) >= 11 is 0. The zero-order chi connectivity index (χ0) is 12.2. The van der Waals surface area contributed by atoms with E-state index < -0.39 is 24.7 Å². The first-order chi connectivity index (χ1) is 6.70. The van der Waals surface area contributed by atoms with Crippen LogP contribution >= 0.6 is 0 Å². The van der Waals surface area contributed by atoms with Gasteiger partial charge in [-0.3, -0.25) is 4.79 Å². The number of carbonyl (C=O) groups is 1. The van der Waals surface area contributed by atoms with Crippen molar-refractivity contribution < 1.29 is 14.0 Å². The standard InChI is InChI=1S/C9H19NO2/c1-6(2)7(3)8(5-10)4-9(11)12/h6-8H,4-5,10H2,1-3H3,(H,11,12)/t7-,8+/m1/s1/i3+1D3. The van der Waals surface area contributed by atoms with Gasteiger partial charge in [0.2, 0.25) is 0 Å². The van der Waals surface area contributed by atoms with Gasteiger partial charge in [-0.2, -0.15) is 0 Å². The minimum atomic E-state index is -2.15. The summed E-state index contributed by atoms with van der Waals surface area (Å²) in [6, 6.07) is 0. The highest BCUT2D eigenvalue weighted by Gasteiger charge is 2.21. The van der Waals surface area contributed by atoms with E-state index in [1.807, 2.05) is 0 Å². The van der Waals surface area contributed by atoms with Crippen LogP contribution in [0.5, 0.6) is 0 Å². The van der Waals surface area contributed by atoms with Crippen LogP contribution in [0.15, 0.2) is 0 Å². The average Bonchev–Trinajstić information content (AvgIpc) is 1.98. The Balaban J connectivity index is 4.79. The number of hydrogen-bond acceptors (Lipinski definition) is 2. The molecule has 0 saturated carbocycles. The van der Waals surface area contributed by atoms with Crippen molar-refractivity contribution in [2.45, 2.75) is 27.1 Å². The summed E-state index contributed by atoms with van der Waals surface area (Å²) in [6.07, 6.45) is -0.183. The van der Waals surface area contributed by atoms with Gasteiger partial charge in [0.05, 0.1) is 0 Å². The van der Waals surface area contributed by atoms with Crippen molar-refractivity contribution in [2.24, 2.45) is 23.5 Å². The molecule has 0 amide bonds. The summed E-state index contributed by atoms with van der Waals surface area (Å²) in [6.45, 7) is 1.50. The summed E-state index contributed by atoms with van der Waals surface area (Å²) in [5.41, 5.74) is 5.44. The third-order valence-corrected chi connectivity index (χ3v) is 1.97. The van der Waals surface area contributed by atoms with Crippen molar-refractivity contribution in [1.29, 1.82) is 0 Å². The van der Waals surface area contributed by atoms with Crippen molar-refractivity contribution >= 4 is 5.97 Å². The number of aliphatic carboxylic acids is 1. The largest absolute Gasteiger partial charge is 0.481 e. The average molecular weight is 177 g/mol. The summed E-state index contributed by atoms with van der Waals surface area (Å²) in [5, 5.41) is 8.67. The minimum absolute atomic E-state index is 0.0908. The molecule has 0 rings (SSSR count). The molecule has 0 radical (unpaired) electrons. The topological polar surface area (TPSA) is 63.3 Å². The minimum Gasteiger partial charge on any atom is -0.481 e. The molecule has 0 aliphatic rings. The lowest BCUT2D eigenvalue weighted by atomic mass is 9.87. The zero-order valence-corrected chi connectivity index (χ0v) is 7.58. The quantitative estimate of drug-likeness (QED) is 0.623. The molecule has 0 heterocycles. The predicted octanol–water partition coefficient (Wildman–Crippen LogP) is 1.33. The lowest BCUT2D eigenvalue weighted by Gasteiger charge is -2.24. The van der Waals surface area contributed by atoms with Crippen LogP contribution in [0.2, 0.25) is 0 Å². The molecule has 0 aromatic carbocycles. The maximum absolute atomic E-state index is 10.6. The molecule has 0 aromatic rings. The fraction of sp³-hybridized carbons (Fsp3) is 0.889. The second kappa shape index (κ2) is 5.14. The van der Waals surface area contributed by atoms with E-state index in [9.17, 15) is 4.79 Å².